The van der Waals surface area contributed by atoms with E-state index in [1.54, 1.807) is 16.7 Å². The minimum absolute atomic E-state index is 0.104. The molecule has 118 valence electrons. The second kappa shape index (κ2) is 6.82. The van der Waals surface area contributed by atoms with Crippen LogP contribution in [0.2, 0.25) is 0 Å². The number of rotatable bonds is 4. The standard InChI is InChI=1S/C11H15F3N4OS2/c1-20-6-7-2-3-18(5-7)10(19)15-9-17-16-8(21-9)4-11(12,13)14/h7H,2-6H2,1H3,(H,15,17,19). The van der Waals surface area contributed by atoms with Crippen LogP contribution in [0.15, 0.2) is 0 Å². The summed E-state index contributed by atoms with van der Waals surface area (Å²) in [7, 11) is 0. The molecule has 1 aromatic rings. The van der Waals surface area contributed by atoms with Crippen LogP contribution < -0.4 is 5.32 Å². The Bertz CT molecular complexity index is 494. The van der Waals surface area contributed by atoms with Crippen molar-refractivity contribution in [3.8, 4) is 0 Å². The number of hydrogen-bond donors (Lipinski definition) is 1. The summed E-state index contributed by atoms with van der Waals surface area (Å²) in [6.07, 6.45) is -2.48. The van der Waals surface area contributed by atoms with E-state index >= 15 is 0 Å². The van der Waals surface area contributed by atoms with Crippen LogP contribution in [0.1, 0.15) is 11.4 Å². The summed E-state index contributed by atoms with van der Waals surface area (Å²) < 4.78 is 36.6. The van der Waals surface area contributed by atoms with Gasteiger partial charge in [-0.1, -0.05) is 11.3 Å². The van der Waals surface area contributed by atoms with Crippen molar-refractivity contribution in [2.75, 3.05) is 30.4 Å². The van der Waals surface area contributed by atoms with Gasteiger partial charge >= 0.3 is 12.2 Å². The van der Waals surface area contributed by atoms with Crippen LogP contribution in [0.25, 0.3) is 0 Å². The summed E-state index contributed by atoms with van der Waals surface area (Å²) in [5.41, 5.74) is 0. The van der Waals surface area contributed by atoms with Crippen molar-refractivity contribution in [1.29, 1.82) is 0 Å². The maximum Gasteiger partial charge on any atom is 0.395 e. The Morgan fingerprint density at radius 2 is 2.29 bits per heavy atom. The van der Waals surface area contributed by atoms with E-state index in [-0.39, 0.29) is 16.2 Å². The Hall–Kier alpha value is -1.03. The van der Waals surface area contributed by atoms with E-state index in [1.165, 1.54) is 0 Å². The first-order valence-electron chi connectivity index (χ1n) is 6.31. The van der Waals surface area contributed by atoms with Gasteiger partial charge in [-0.3, -0.25) is 5.32 Å². The number of carbonyl (C=O) groups excluding carboxylic acids is 1. The van der Waals surface area contributed by atoms with E-state index in [9.17, 15) is 18.0 Å². The molecule has 1 atom stereocenters. The molecule has 0 bridgehead atoms. The van der Waals surface area contributed by atoms with E-state index in [0.29, 0.717) is 19.0 Å². The van der Waals surface area contributed by atoms with Crippen LogP contribution in [0, 0.1) is 5.92 Å². The maximum atomic E-state index is 12.2. The summed E-state index contributed by atoms with van der Waals surface area (Å²) in [6.45, 7) is 1.33. The molecule has 1 aliphatic rings. The molecule has 5 nitrogen and oxygen atoms in total. The van der Waals surface area contributed by atoms with E-state index in [2.05, 4.69) is 15.5 Å². The Morgan fingerprint density at radius 3 is 2.95 bits per heavy atom. The Labute approximate surface area is 128 Å². The highest BCUT2D eigenvalue weighted by Gasteiger charge is 2.30. The molecule has 21 heavy (non-hydrogen) atoms. The number of nitrogens with one attached hydrogen (secondary N) is 1. The SMILES string of the molecule is CSCC1CCN(C(=O)Nc2nnc(CC(F)(F)F)s2)C1. The highest BCUT2D eigenvalue weighted by Crippen LogP contribution is 2.26. The molecular formula is C11H15F3N4OS2. The molecule has 1 aliphatic heterocycles. The lowest BCUT2D eigenvalue weighted by Gasteiger charge is -2.15. The summed E-state index contributed by atoms with van der Waals surface area (Å²) in [5, 5.41) is 9.47. The first kappa shape index (κ1) is 16.3. The summed E-state index contributed by atoms with van der Waals surface area (Å²) >= 11 is 2.49. The fourth-order valence-corrected chi connectivity index (χ4v) is 3.61. The molecular weight excluding hydrogens is 325 g/mol. The van der Waals surface area contributed by atoms with E-state index < -0.39 is 12.6 Å². The Kier molecular flexibility index (Phi) is 5.31. The predicted molar refractivity (Wildman–Crippen MR) is 76.7 cm³/mol. The zero-order valence-electron chi connectivity index (χ0n) is 11.3. The normalized spacial score (nSPS) is 19.0. The van der Waals surface area contributed by atoms with Crippen molar-refractivity contribution in [3.63, 3.8) is 0 Å². The number of nitrogens with zero attached hydrogens (tertiary/aromatic N) is 3. The van der Waals surface area contributed by atoms with Gasteiger partial charge in [0, 0.05) is 13.1 Å². The van der Waals surface area contributed by atoms with Gasteiger partial charge in [0.1, 0.15) is 5.01 Å². The van der Waals surface area contributed by atoms with Crippen LogP contribution in [0.3, 0.4) is 0 Å². The van der Waals surface area contributed by atoms with Gasteiger partial charge in [-0.15, -0.1) is 10.2 Å². The van der Waals surface area contributed by atoms with Crippen molar-refractivity contribution in [2.24, 2.45) is 5.92 Å². The average Bonchev–Trinajstić information content (AvgIpc) is 2.97. The molecule has 2 amide bonds. The molecule has 0 aliphatic carbocycles. The molecule has 1 N–H and O–H groups in total. The Balaban J connectivity index is 1.86. The quantitative estimate of drug-likeness (QED) is 0.916. The summed E-state index contributed by atoms with van der Waals surface area (Å²) in [6, 6.07) is -0.326. The van der Waals surface area contributed by atoms with Gasteiger partial charge in [0.2, 0.25) is 5.13 Å². The van der Waals surface area contributed by atoms with Crippen molar-refractivity contribution >= 4 is 34.3 Å². The number of urea groups is 1. The number of anilines is 1. The number of amides is 2. The molecule has 1 aromatic heterocycles. The zero-order chi connectivity index (χ0) is 15.5. The summed E-state index contributed by atoms with van der Waals surface area (Å²) in [4.78, 5) is 13.6. The van der Waals surface area contributed by atoms with Crippen molar-refractivity contribution < 1.29 is 18.0 Å². The fraction of sp³-hybridized carbons (Fsp3) is 0.727. The van der Waals surface area contributed by atoms with Crippen molar-refractivity contribution in [1.82, 2.24) is 15.1 Å². The summed E-state index contributed by atoms with van der Waals surface area (Å²) in [5.74, 6) is 1.47. The van der Waals surface area contributed by atoms with Crippen LogP contribution in [0.4, 0.5) is 23.1 Å². The Morgan fingerprint density at radius 1 is 1.52 bits per heavy atom. The molecule has 1 saturated heterocycles. The van der Waals surface area contributed by atoms with Gasteiger partial charge in [0.25, 0.3) is 0 Å². The molecule has 2 heterocycles. The van der Waals surface area contributed by atoms with E-state index in [1.807, 2.05) is 6.26 Å². The number of alkyl halides is 3. The number of thioether (sulfide) groups is 1. The fourth-order valence-electron chi connectivity index (χ4n) is 2.11. The van der Waals surface area contributed by atoms with Gasteiger partial charge in [-0.05, 0) is 24.3 Å². The third kappa shape index (κ3) is 5.03. The van der Waals surface area contributed by atoms with Crippen LogP contribution in [0.5, 0.6) is 0 Å². The molecule has 0 aromatic carbocycles. The van der Waals surface area contributed by atoms with Crippen LogP contribution >= 0.6 is 23.1 Å². The van der Waals surface area contributed by atoms with Gasteiger partial charge < -0.3 is 4.90 Å². The molecule has 0 radical (unpaired) electrons. The van der Waals surface area contributed by atoms with Gasteiger partial charge in [0.15, 0.2) is 0 Å². The first-order chi connectivity index (χ1) is 9.87. The second-order valence-corrected chi connectivity index (χ2v) is 6.75. The molecule has 0 saturated carbocycles. The molecule has 10 heteroatoms. The second-order valence-electron chi connectivity index (χ2n) is 4.78. The molecule has 0 spiro atoms. The smallest absolute Gasteiger partial charge is 0.324 e. The largest absolute Gasteiger partial charge is 0.395 e. The van der Waals surface area contributed by atoms with E-state index in [4.69, 9.17) is 0 Å². The van der Waals surface area contributed by atoms with Gasteiger partial charge in [-0.2, -0.15) is 24.9 Å². The minimum atomic E-state index is -4.32. The monoisotopic (exact) mass is 340 g/mol. The van der Waals surface area contributed by atoms with E-state index in [0.717, 1.165) is 23.5 Å². The third-order valence-electron chi connectivity index (χ3n) is 3.01. The van der Waals surface area contributed by atoms with Crippen LogP contribution in [-0.2, 0) is 6.42 Å². The molecule has 2 rings (SSSR count). The lowest BCUT2D eigenvalue weighted by Crippen LogP contribution is -2.33. The lowest BCUT2D eigenvalue weighted by atomic mass is 10.2. The van der Waals surface area contributed by atoms with Crippen molar-refractivity contribution in [3.05, 3.63) is 5.01 Å². The number of halogens is 3. The third-order valence-corrected chi connectivity index (χ3v) is 4.65. The topological polar surface area (TPSA) is 58.1 Å². The van der Waals surface area contributed by atoms with Crippen LogP contribution in [-0.4, -0.2) is 52.4 Å². The first-order valence-corrected chi connectivity index (χ1v) is 8.52. The maximum absolute atomic E-state index is 12.2. The number of aromatic nitrogens is 2. The van der Waals surface area contributed by atoms with Gasteiger partial charge in [0.05, 0.1) is 6.42 Å². The number of likely N-dealkylation sites (tertiary alicyclic amines) is 1. The number of carbonyl (C=O) groups is 1. The number of hydrogen-bond acceptors (Lipinski definition) is 5. The van der Waals surface area contributed by atoms with Crippen molar-refractivity contribution in [2.45, 2.75) is 19.0 Å². The lowest BCUT2D eigenvalue weighted by molar-refractivity contribution is -0.127. The zero-order valence-corrected chi connectivity index (χ0v) is 12.9. The predicted octanol–water partition coefficient (Wildman–Crippen LogP) is 2.86. The minimum Gasteiger partial charge on any atom is -0.324 e. The van der Waals surface area contributed by atoms with Gasteiger partial charge in [-0.25, -0.2) is 4.79 Å². The molecule has 1 fully saturated rings. The highest BCUT2D eigenvalue weighted by atomic mass is 32.2. The molecule has 1 unspecified atom stereocenters. The highest BCUT2D eigenvalue weighted by molar-refractivity contribution is 7.98. The average molecular weight is 340 g/mol.